The normalized spacial score (nSPS) is 12.2. The lowest BCUT2D eigenvalue weighted by atomic mass is 9.96. The highest BCUT2D eigenvalue weighted by Gasteiger charge is 2.18. The second kappa shape index (κ2) is 7.28. The zero-order chi connectivity index (χ0) is 17.0. The lowest BCUT2D eigenvalue weighted by Gasteiger charge is -2.23. The standard InChI is InChI=1S/C16H18ClN3O3/c1-10(2)15(11-3-5-12(17)6-4-11)18-14(22)9-20-8-7-13(21)19-16(20)23/h3-8,10,15H,9H2,1-2H3,(H,18,22)(H,19,21,23)/t15-/m1/s1. The van der Waals surface area contributed by atoms with E-state index in [-0.39, 0.29) is 24.4 Å². The summed E-state index contributed by atoms with van der Waals surface area (Å²) in [6.07, 6.45) is 1.30. The first kappa shape index (κ1) is 17.0. The second-order valence-corrected chi connectivity index (χ2v) is 6.02. The zero-order valence-electron chi connectivity index (χ0n) is 12.9. The van der Waals surface area contributed by atoms with E-state index in [1.165, 1.54) is 12.3 Å². The molecule has 0 aliphatic rings. The highest BCUT2D eigenvalue weighted by atomic mass is 35.5. The van der Waals surface area contributed by atoms with E-state index in [0.717, 1.165) is 10.1 Å². The third-order valence-electron chi connectivity index (χ3n) is 3.42. The van der Waals surface area contributed by atoms with E-state index in [1.807, 2.05) is 26.0 Å². The van der Waals surface area contributed by atoms with Crippen molar-refractivity contribution in [3.8, 4) is 0 Å². The molecule has 0 bridgehead atoms. The van der Waals surface area contributed by atoms with Crippen LogP contribution in [-0.2, 0) is 11.3 Å². The van der Waals surface area contributed by atoms with Gasteiger partial charge in [0.25, 0.3) is 5.56 Å². The maximum atomic E-state index is 12.2. The second-order valence-electron chi connectivity index (χ2n) is 5.58. The summed E-state index contributed by atoms with van der Waals surface area (Å²) in [5.74, 6) is -0.153. The van der Waals surface area contributed by atoms with Gasteiger partial charge in [-0.15, -0.1) is 0 Å². The van der Waals surface area contributed by atoms with Crippen molar-refractivity contribution in [1.29, 1.82) is 0 Å². The van der Waals surface area contributed by atoms with Crippen molar-refractivity contribution < 1.29 is 4.79 Å². The number of benzene rings is 1. The van der Waals surface area contributed by atoms with Crippen molar-refractivity contribution in [2.75, 3.05) is 0 Å². The number of aromatic nitrogens is 2. The maximum absolute atomic E-state index is 12.2. The molecule has 0 saturated heterocycles. The Morgan fingerprint density at radius 2 is 1.87 bits per heavy atom. The van der Waals surface area contributed by atoms with Crippen molar-refractivity contribution >= 4 is 17.5 Å². The Morgan fingerprint density at radius 1 is 1.22 bits per heavy atom. The summed E-state index contributed by atoms with van der Waals surface area (Å²) < 4.78 is 1.15. The van der Waals surface area contributed by atoms with Crippen molar-refractivity contribution in [3.05, 3.63) is 68.0 Å². The molecule has 0 fully saturated rings. The summed E-state index contributed by atoms with van der Waals surface area (Å²) in [4.78, 5) is 37.0. The predicted molar refractivity (Wildman–Crippen MR) is 88.5 cm³/mol. The molecule has 7 heteroatoms. The molecule has 0 aliphatic carbocycles. The van der Waals surface area contributed by atoms with Crippen LogP contribution < -0.4 is 16.6 Å². The number of hydrogen-bond acceptors (Lipinski definition) is 3. The lowest BCUT2D eigenvalue weighted by Crippen LogP contribution is -2.38. The molecule has 1 atom stereocenters. The lowest BCUT2D eigenvalue weighted by molar-refractivity contribution is -0.122. The minimum absolute atomic E-state index is 0.160. The summed E-state index contributed by atoms with van der Waals surface area (Å²) in [6.45, 7) is 3.82. The van der Waals surface area contributed by atoms with Gasteiger partial charge in [0, 0.05) is 17.3 Å². The molecule has 0 saturated carbocycles. The van der Waals surface area contributed by atoms with Gasteiger partial charge in [0.05, 0.1) is 6.04 Å². The number of hydrogen-bond donors (Lipinski definition) is 2. The van der Waals surface area contributed by atoms with Gasteiger partial charge in [0.1, 0.15) is 6.54 Å². The molecule has 6 nitrogen and oxygen atoms in total. The number of nitrogens with one attached hydrogen (secondary N) is 2. The number of amides is 1. The summed E-state index contributed by atoms with van der Waals surface area (Å²) in [5, 5.41) is 3.54. The van der Waals surface area contributed by atoms with Crippen molar-refractivity contribution in [2.45, 2.75) is 26.4 Å². The molecule has 1 aromatic heterocycles. The number of halogens is 1. The number of rotatable bonds is 5. The van der Waals surface area contributed by atoms with Gasteiger partial charge in [-0.1, -0.05) is 37.6 Å². The Kier molecular flexibility index (Phi) is 5.39. The number of carbonyl (C=O) groups excluding carboxylic acids is 1. The molecule has 23 heavy (non-hydrogen) atoms. The van der Waals surface area contributed by atoms with Crippen molar-refractivity contribution in [2.24, 2.45) is 5.92 Å². The molecule has 2 rings (SSSR count). The molecule has 0 unspecified atom stereocenters. The third kappa shape index (κ3) is 4.56. The fourth-order valence-corrected chi connectivity index (χ4v) is 2.37. The first-order valence-electron chi connectivity index (χ1n) is 7.21. The van der Waals surface area contributed by atoms with Crippen molar-refractivity contribution in [1.82, 2.24) is 14.9 Å². The number of aromatic amines is 1. The molecular weight excluding hydrogens is 318 g/mol. The molecule has 2 aromatic rings. The summed E-state index contributed by atoms with van der Waals surface area (Å²) >= 11 is 5.88. The topological polar surface area (TPSA) is 84.0 Å². The van der Waals surface area contributed by atoms with Gasteiger partial charge in [-0.2, -0.15) is 0 Å². The molecule has 1 amide bonds. The van der Waals surface area contributed by atoms with Crippen LogP contribution in [0.1, 0.15) is 25.5 Å². The highest BCUT2D eigenvalue weighted by Crippen LogP contribution is 2.23. The van der Waals surface area contributed by atoms with Crippen LogP contribution in [0.15, 0.2) is 46.1 Å². The summed E-state index contributed by atoms with van der Waals surface area (Å²) in [7, 11) is 0. The monoisotopic (exact) mass is 335 g/mol. The third-order valence-corrected chi connectivity index (χ3v) is 3.68. The van der Waals surface area contributed by atoms with Crippen LogP contribution in [0, 0.1) is 5.92 Å². The minimum Gasteiger partial charge on any atom is -0.347 e. The van der Waals surface area contributed by atoms with Crippen LogP contribution in [-0.4, -0.2) is 15.5 Å². The zero-order valence-corrected chi connectivity index (χ0v) is 13.6. The number of H-pyrrole nitrogens is 1. The van der Waals surface area contributed by atoms with Gasteiger partial charge >= 0.3 is 5.69 Å². The molecule has 122 valence electrons. The van der Waals surface area contributed by atoms with Crippen LogP contribution in [0.2, 0.25) is 5.02 Å². The quantitative estimate of drug-likeness (QED) is 0.872. The van der Waals surface area contributed by atoms with Crippen LogP contribution in [0.25, 0.3) is 0 Å². The van der Waals surface area contributed by atoms with E-state index >= 15 is 0 Å². The Balaban J connectivity index is 2.13. The Labute approximate surface area is 138 Å². The van der Waals surface area contributed by atoms with Gasteiger partial charge in [0.2, 0.25) is 5.91 Å². The smallest absolute Gasteiger partial charge is 0.328 e. The molecule has 0 aliphatic heterocycles. The van der Waals surface area contributed by atoms with Gasteiger partial charge in [0.15, 0.2) is 0 Å². The molecule has 1 heterocycles. The van der Waals surface area contributed by atoms with Gasteiger partial charge in [-0.05, 0) is 23.6 Å². The SMILES string of the molecule is CC(C)[C@@H](NC(=O)Cn1ccc(=O)[nH]c1=O)c1ccc(Cl)cc1. The van der Waals surface area contributed by atoms with Crippen LogP contribution >= 0.6 is 11.6 Å². The van der Waals surface area contributed by atoms with Crippen molar-refractivity contribution in [3.63, 3.8) is 0 Å². The summed E-state index contributed by atoms with van der Waals surface area (Å²) in [5.41, 5.74) is -0.167. The molecule has 0 spiro atoms. The maximum Gasteiger partial charge on any atom is 0.328 e. The van der Waals surface area contributed by atoms with E-state index < -0.39 is 11.2 Å². The highest BCUT2D eigenvalue weighted by molar-refractivity contribution is 6.30. The van der Waals surface area contributed by atoms with E-state index in [4.69, 9.17) is 11.6 Å². The minimum atomic E-state index is -0.611. The van der Waals surface area contributed by atoms with Gasteiger partial charge < -0.3 is 5.32 Å². The fraction of sp³-hybridized carbons (Fsp3) is 0.312. The Morgan fingerprint density at radius 3 is 2.43 bits per heavy atom. The predicted octanol–water partition coefficient (Wildman–Crippen LogP) is 1.70. The Bertz CT molecular complexity index is 793. The van der Waals surface area contributed by atoms with E-state index in [0.29, 0.717) is 5.02 Å². The van der Waals surface area contributed by atoms with E-state index in [2.05, 4.69) is 10.3 Å². The first-order chi connectivity index (χ1) is 10.9. The van der Waals surface area contributed by atoms with E-state index in [9.17, 15) is 14.4 Å². The van der Waals surface area contributed by atoms with E-state index in [1.54, 1.807) is 12.1 Å². The van der Waals surface area contributed by atoms with Gasteiger partial charge in [-0.3, -0.25) is 19.1 Å². The van der Waals surface area contributed by atoms with Crippen LogP contribution in [0.3, 0.4) is 0 Å². The summed E-state index contributed by atoms with van der Waals surface area (Å²) in [6, 6.07) is 8.26. The van der Waals surface area contributed by atoms with Crippen LogP contribution in [0.5, 0.6) is 0 Å². The average Bonchev–Trinajstić information content (AvgIpc) is 2.48. The van der Waals surface area contributed by atoms with Gasteiger partial charge in [-0.25, -0.2) is 4.79 Å². The number of nitrogens with zero attached hydrogens (tertiary/aromatic N) is 1. The fourth-order valence-electron chi connectivity index (χ4n) is 2.25. The average molecular weight is 336 g/mol. The molecular formula is C16H18ClN3O3. The Hall–Kier alpha value is -2.34. The molecule has 0 radical (unpaired) electrons. The molecule has 1 aromatic carbocycles. The van der Waals surface area contributed by atoms with Crippen LogP contribution in [0.4, 0.5) is 0 Å². The molecule has 2 N–H and O–H groups in total. The number of carbonyl (C=O) groups is 1. The largest absolute Gasteiger partial charge is 0.347 e. The first-order valence-corrected chi connectivity index (χ1v) is 7.59.